The van der Waals surface area contributed by atoms with E-state index in [1.165, 1.54) is 37.9 Å². The fraction of sp³-hybridized carbons (Fsp3) is 0.600. The first kappa shape index (κ1) is 11.6. The second kappa shape index (κ2) is 4.66. The zero-order valence-electron chi connectivity index (χ0n) is 10.5. The summed E-state index contributed by atoms with van der Waals surface area (Å²) < 4.78 is 0. The molecule has 2 heteroatoms. The maximum atomic E-state index is 4.39. The van der Waals surface area contributed by atoms with Crippen molar-refractivity contribution in [2.24, 2.45) is 0 Å². The summed E-state index contributed by atoms with van der Waals surface area (Å²) in [5.74, 6) is 1.51. The van der Waals surface area contributed by atoms with Crippen molar-refractivity contribution in [3.8, 4) is 0 Å². The number of nitrogens with zero attached hydrogens (tertiary/aromatic N) is 1. The SMILES string of the molecule is CC(CS)c1ccc2c(c1)CCN(C1CC1)C2. The van der Waals surface area contributed by atoms with Gasteiger partial charge in [-0.2, -0.15) is 12.6 Å². The zero-order chi connectivity index (χ0) is 11.8. The molecule has 1 heterocycles. The topological polar surface area (TPSA) is 3.24 Å². The summed E-state index contributed by atoms with van der Waals surface area (Å²) in [6.07, 6.45) is 4.08. The van der Waals surface area contributed by atoms with E-state index in [1.807, 2.05) is 0 Å². The summed E-state index contributed by atoms with van der Waals surface area (Å²) in [5, 5.41) is 0. The van der Waals surface area contributed by atoms with Crippen LogP contribution in [0.4, 0.5) is 0 Å². The summed E-state index contributed by atoms with van der Waals surface area (Å²) in [5.41, 5.74) is 4.59. The van der Waals surface area contributed by atoms with Gasteiger partial charge in [0, 0.05) is 19.1 Å². The van der Waals surface area contributed by atoms with Gasteiger partial charge in [-0.3, -0.25) is 4.90 Å². The number of thiol groups is 1. The maximum Gasteiger partial charge on any atom is 0.0239 e. The van der Waals surface area contributed by atoms with Crippen molar-refractivity contribution in [2.45, 2.75) is 44.7 Å². The molecule has 1 aliphatic heterocycles. The molecule has 1 nitrogen and oxygen atoms in total. The Bertz CT molecular complexity index is 411. The highest BCUT2D eigenvalue weighted by molar-refractivity contribution is 7.80. The van der Waals surface area contributed by atoms with Crippen LogP contribution in [0.3, 0.4) is 0 Å². The van der Waals surface area contributed by atoms with Gasteiger partial charge in [0.05, 0.1) is 0 Å². The Hall–Kier alpha value is -0.470. The average molecular weight is 247 g/mol. The molecule has 0 radical (unpaired) electrons. The molecule has 1 aromatic rings. The van der Waals surface area contributed by atoms with E-state index >= 15 is 0 Å². The third kappa shape index (κ3) is 2.38. The lowest BCUT2D eigenvalue weighted by Crippen LogP contribution is -2.32. The maximum absolute atomic E-state index is 4.39. The number of hydrogen-bond donors (Lipinski definition) is 1. The fourth-order valence-corrected chi connectivity index (χ4v) is 2.97. The summed E-state index contributed by atoms with van der Waals surface area (Å²) in [7, 11) is 0. The summed E-state index contributed by atoms with van der Waals surface area (Å²) >= 11 is 4.39. The number of benzene rings is 1. The molecule has 1 unspecified atom stereocenters. The minimum Gasteiger partial charge on any atom is -0.296 e. The van der Waals surface area contributed by atoms with Crippen LogP contribution in [0.2, 0.25) is 0 Å². The first-order valence-electron chi connectivity index (χ1n) is 6.74. The van der Waals surface area contributed by atoms with Gasteiger partial charge < -0.3 is 0 Å². The van der Waals surface area contributed by atoms with Gasteiger partial charge >= 0.3 is 0 Å². The van der Waals surface area contributed by atoms with Crippen molar-refractivity contribution in [3.63, 3.8) is 0 Å². The first-order valence-corrected chi connectivity index (χ1v) is 7.38. The summed E-state index contributed by atoms with van der Waals surface area (Å²) in [4.78, 5) is 2.66. The molecule has 1 saturated carbocycles. The van der Waals surface area contributed by atoms with E-state index in [2.05, 4.69) is 42.7 Å². The van der Waals surface area contributed by atoms with Crippen LogP contribution in [0.25, 0.3) is 0 Å². The molecule has 92 valence electrons. The highest BCUT2D eigenvalue weighted by atomic mass is 32.1. The van der Waals surface area contributed by atoms with Gasteiger partial charge in [0.1, 0.15) is 0 Å². The molecule has 1 atom stereocenters. The molecule has 2 aliphatic rings. The molecule has 17 heavy (non-hydrogen) atoms. The highest BCUT2D eigenvalue weighted by Gasteiger charge is 2.31. The Morgan fingerprint density at radius 3 is 2.88 bits per heavy atom. The second-order valence-electron chi connectivity index (χ2n) is 5.56. The number of fused-ring (bicyclic) bond motifs is 1. The van der Waals surface area contributed by atoms with Crippen LogP contribution in [0.1, 0.15) is 42.4 Å². The fourth-order valence-electron chi connectivity index (χ4n) is 2.76. The average Bonchev–Trinajstić information content (AvgIpc) is 3.21. The monoisotopic (exact) mass is 247 g/mol. The smallest absolute Gasteiger partial charge is 0.0239 e. The van der Waals surface area contributed by atoms with E-state index < -0.39 is 0 Å². The molecular weight excluding hydrogens is 226 g/mol. The van der Waals surface area contributed by atoms with Crippen molar-refractivity contribution >= 4 is 12.6 Å². The molecule has 0 spiro atoms. The third-order valence-corrected chi connectivity index (χ3v) is 4.73. The van der Waals surface area contributed by atoms with Crippen LogP contribution >= 0.6 is 12.6 Å². The lowest BCUT2D eigenvalue weighted by molar-refractivity contribution is 0.243. The largest absolute Gasteiger partial charge is 0.296 e. The van der Waals surface area contributed by atoms with Gasteiger partial charge in [0.15, 0.2) is 0 Å². The normalized spacial score (nSPS) is 22.2. The van der Waals surface area contributed by atoms with Crippen LogP contribution in [-0.4, -0.2) is 23.2 Å². The Morgan fingerprint density at radius 2 is 2.18 bits per heavy atom. The van der Waals surface area contributed by atoms with Gasteiger partial charge in [0.2, 0.25) is 0 Å². The van der Waals surface area contributed by atoms with Crippen LogP contribution in [-0.2, 0) is 13.0 Å². The molecule has 1 aliphatic carbocycles. The van der Waals surface area contributed by atoms with Gasteiger partial charge in [-0.15, -0.1) is 0 Å². The predicted octanol–water partition coefficient (Wildman–Crippen LogP) is 3.24. The van der Waals surface area contributed by atoms with Crippen LogP contribution in [0.5, 0.6) is 0 Å². The summed E-state index contributed by atoms with van der Waals surface area (Å²) in [6.45, 7) is 4.69. The minimum absolute atomic E-state index is 0.574. The van der Waals surface area contributed by atoms with Gasteiger partial charge in [-0.1, -0.05) is 25.1 Å². The molecule has 3 rings (SSSR count). The molecule has 0 N–H and O–H groups in total. The molecule has 0 bridgehead atoms. The van der Waals surface area contributed by atoms with Crippen LogP contribution in [0, 0.1) is 0 Å². The Kier molecular flexibility index (Phi) is 3.18. The Morgan fingerprint density at radius 1 is 1.35 bits per heavy atom. The molecule has 1 aromatic carbocycles. The van der Waals surface area contributed by atoms with E-state index in [4.69, 9.17) is 0 Å². The van der Waals surface area contributed by atoms with E-state index in [0.717, 1.165) is 11.8 Å². The number of hydrogen-bond acceptors (Lipinski definition) is 2. The van der Waals surface area contributed by atoms with Crippen molar-refractivity contribution in [1.82, 2.24) is 4.90 Å². The Balaban J connectivity index is 1.80. The second-order valence-corrected chi connectivity index (χ2v) is 5.93. The lowest BCUT2D eigenvalue weighted by Gasteiger charge is -2.29. The number of rotatable bonds is 3. The Labute approximate surface area is 110 Å². The molecule has 0 aromatic heterocycles. The van der Waals surface area contributed by atoms with Crippen molar-refractivity contribution in [3.05, 3.63) is 34.9 Å². The van der Waals surface area contributed by atoms with Gasteiger partial charge in [0.25, 0.3) is 0 Å². The van der Waals surface area contributed by atoms with E-state index in [-0.39, 0.29) is 0 Å². The predicted molar refractivity (Wildman–Crippen MR) is 75.8 cm³/mol. The third-order valence-electron chi connectivity index (χ3n) is 4.18. The lowest BCUT2D eigenvalue weighted by atomic mass is 9.93. The highest BCUT2D eigenvalue weighted by Crippen LogP contribution is 2.32. The van der Waals surface area contributed by atoms with Gasteiger partial charge in [-0.25, -0.2) is 0 Å². The van der Waals surface area contributed by atoms with Crippen LogP contribution in [0.15, 0.2) is 18.2 Å². The summed E-state index contributed by atoms with van der Waals surface area (Å²) in [6, 6.07) is 7.97. The minimum atomic E-state index is 0.574. The molecular formula is C15H21NS. The van der Waals surface area contributed by atoms with E-state index in [0.29, 0.717) is 5.92 Å². The molecule has 1 fully saturated rings. The van der Waals surface area contributed by atoms with E-state index in [1.54, 1.807) is 11.1 Å². The molecule has 0 saturated heterocycles. The quantitative estimate of drug-likeness (QED) is 0.803. The van der Waals surface area contributed by atoms with Crippen molar-refractivity contribution < 1.29 is 0 Å². The standard InChI is InChI=1S/C15H21NS/c1-11(10-17)12-2-3-14-9-16(15-4-5-15)7-6-13(14)8-12/h2-3,8,11,15,17H,4-7,9-10H2,1H3. The molecule has 0 amide bonds. The van der Waals surface area contributed by atoms with Crippen molar-refractivity contribution in [1.29, 1.82) is 0 Å². The van der Waals surface area contributed by atoms with E-state index in [9.17, 15) is 0 Å². The van der Waals surface area contributed by atoms with Crippen LogP contribution < -0.4 is 0 Å². The van der Waals surface area contributed by atoms with Crippen molar-refractivity contribution in [2.75, 3.05) is 12.3 Å². The first-order chi connectivity index (χ1) is 8.28. The zero-order valence-corrected chi connectivity index (χ0v) is 11.4. The van der Waals surface area contributed by atoms with Gasteiger partial charge in [-0.05, 0) is 47.6 Å².